The van der Waals surface area contributed by atoms with Gasteiger partial charge in [0.15, 0.2) is 11.0 Å². The molecule has 1 atom stereocenters. The first-order chi connectivity index (χ1) is 9.31. The summed E-state index contributed by atoms with van der Waals surface area (Å²) in [6, 6.07) is 0.127. The number of aromatic nitrogens is 4. The molecule has 2 aromatic rings. The van der Waals surface area contributed by atoms with Crippen molar-refractivity contribution in [2.45, 2.75) is 38.4 Å². The van der Waals surface area contributed by atoms with Gasteiger partial charge in [0.25, 0.3) is 0 Å². The average molecular weight is 276 g/mol. The Labute approximate surface area is 115 Å². The molecule has 0 amide bonds. The maximum Gasteiger partial charge on any atom is 0.186 e. The van der Waals surface area contributed by atoms with Crippen molar-refractivity contribution in [3.8, 4) is 0 Å². The van der Waals surface area contributed by atoms with Gasteiger partial charge in [-0.15, -0.1) is 21.5 Å². The van der Waals surface area contributed by atoms with Crippen molar-refractivity contribution in [2.24, 2.45) is 5.73 Å². The smallest absolute Gasteiger partial charge is 0.186 e. The molecular formula is C12H16N6S. The number of hydrogen-bond donors (Lipinski definition) is 1. The average Bonchev–Trinajstić information content (AvgIpc) is 3.04. The van der Waals surface area contributed by atoms with Crippen molar-refractivity contribution in [3.63, 3.8) is 0 Å². The summed E-state index contributed by atoms with van der Waals surface area (Å²) in [7, 11) is 0. The molecule has 0 fully saturated rings. The van der Waals surface area contributed by atoms with Crippen LogP contribution in [0.15, 0.2) is 6.33 Å². The lowest BCUT2D eigenvalue weighted by atomic mass is 9.99. The van der Waals surface area contributed by atoms with Crippen molar-refractivity contribution >= 4 is 16.5 Å². The molecule has 0 saturated carbocycles. The van der Waals surface area contributed by atoms with Crippen LogP contribution in [0.25, 0.3) is 0 Å². The van der Waals surface area contributed by atoms with Crippen molar-refractivity contribution in [2.75, 3.05) is 11.4 Å². The highest BCUT2D eigenvalue weighted by atomic mass is 32.1. The molecule has 2 N–H and O–H groups in total. The zero-order valence-electron chi connectivity index (χ0n) is 10.6. The second kappa shape index (κ2) is 4.28. The highest BCUT2D eigenvalue weighted by Crippen LogP contribution is 2.36. The Bertz CT molecular complexity index is 603. The van der Waals surface area contributed by atoms with Gasteiger partial charge in [-0.05, 0) is 19.3 Å². The number of aryl methyl sites for hydroxylation is 1. The summed E-state index contributed by atoms with van der Waals surface area (Å²) < 4.78 is 2.11. The predicted octanol–water partition coefficient (Wildman–Crippen LogP) is 1.09. The first-order valence-corrected chi connectivity index (χ1v) is 7.50. The fourth-order valence-corrected chi connectivity index (χ4v) is 4.00. The fraction of sp³-hybridized carbons (Fsp3) is 0.583. The molecule has 0 spiro atoms. The Morgan fingerprint density at radius 2 is 2.32 bits per heavy atom. The number of hydrogen-bond acceptors (Lipinski definition) is 6. The molecule has 1 unspecified atom stereocenters. The monoisotopic (exact) mass is 276 g/mol. The van der Waals surface area contributed by atoms with Crippen LogP contribution in [-0.2, 0) is 19.5 Å². The summed E-state index contributed by atoms with van der Waals surface area (Å²) in [6.45, 7) is 2.69. The van der Waals surface area contributed by atoms with E-state index in [0.717, 1.165) is 49.1 Å². The van der Waals surface area contributed by atoms with Gasteiger partial charge in [-0.3, -0.25) is 0 Å². The number of nitrogens with zero attached hydrogens (tertiary/aromatic N) is 5. The van der Waals surface area contributed by atoms with Crippen LogP contribution in [0.5, 0.6) is 0 Å². The Morgan fingerprint density at radius 1 is 1.37 bits per heavy atom. The van der Waals surface area contributed by atoms with Gasteiger partial charge in [-0.25, -0.2) is 4.98 Å². The van der Waals surface area contributed by atoms with E-state index in [1.165, 1.54) is 11.3 Å². The largest absolute Gasteiger partial charge is 0.339 e. The SMILES string of the molecule is NC1CCCc2sc(N3CCn4cnnc4C3)nc21. The lowest BCUT2D eigenvalue weighted by Crippen LogP contribution is -2.33. The Kier molecular flexibility index (Phi) is 2.56. The van der Waals surface area contributed by atoms with Crippen LogP contribution in [-0.4, -0.2) is 26.3 Å². The van der Waals surface area contributed by atoms with Crippen LogP contribution in [0, 0.1) is 0 Å². The van der Waals surface area contributed by atoms with Crippen LogP contribution in [0.1, 0.15) is 35.3 Å². The van der Waals surface area contributed by atoms with Gasteiger partial charge in [-0.1, -0.05) is 0 Å². The van der Waals surface area contributed by atoms with E-state index in [1.54, 1.807) is 17.7 Å². The summed E-state index contributed by atoms with van der Waals surface area (Å²) in [6.07, 6.45) is 5.18. The lowest BCUT2D eigenvalue weighted by molar-refractivity contribution is 0.550. The quantitative estimate of drug-likeness (QED) is 0.844. The molecule has 0 aromatic carbocycles. The number of anilines is 1. The Balaban J connectivity index is 1.64. The molecule has 6 nitrogen and oxygen atoms in total. The summed E-state index contributed by atoms with van der Waals surface area (Å²) in [4.78, 5) is 8.44. The number of fused-ring (bicyclic) bond motifs is 2. The van der Waals surface area contributed by atoms with Crippen molar-refractivity contribution < 1.29 is 0 Å². The minimum atomic E-state index is 0.127. The van der Waals surface area contributed by atoms with Gasteiger partial charge in [0, 0.05) is 24.0 Å². The van der Waals surface area contributed by atoms with Gasteiger partial charge in [0.1, 0.15) is 6.33 Å². The van der Waals surface area contributed by atoms with Gasteiger partial charge in [0.05, 0.1) is 12.2 Å². The van der Waals surface area contributed by atoms with Gasteiger partial charge >= 0.3 is 0 Å². The standard InChI is InChI=1S/C12H16N6S/c13-8-2-1-3-9-11(8)15-12(19-9)17-4-5-18-7-14-16-10(18)6-17/h7-8H,1-6,13H2. The van der Waals surface area contributed by atoms with Crippen LogP contribution in [0.3, 0.4) is 0 Å². The molecule has 0 bridgehead atoms. The van der Waals surface area contributed by atoms with Crippen molar-refractivity contribution in [1.82, 2.24) is 19.7 Å². The van der Waals surface area contributed by atoms with E-state index in [2.05, 4.69) is 19.7 Å². The highest BCUT2D eigenvalue weighted by molar-refractivity contribution is 7.15. The maximum atomic E-state index is 6.15. The summed E-state index contributed by atoms with van der Waals surface area (Å²) in [5.74, 6) is 1.02. The molecule has 2 aromatic heterocycles. The van der Waals surface area contributed by atoms with E-state index in [-0.39, 0.29) is 6.04 Å². The molecule has 3 heterocycles. The van der Waals surface area contributed by atoms with Gasteiger partial charge < -0.3 is 15.2 Å². The van der Waals surface area contributed by atoms with E-state index >= 15 is 0 Å². The minimum absolute atomic E-state index is 0.127. The zero-order chi connectivity index (χ0) is 12.8. The molecule has 2 aliphatic rings. The molecular weight excluding hydrogens is 260 g/mol. The molecule has 7 heteroatoms. The first-order valence-electron chi connectivity index (χ1n) is 6.68. The van der Waals surface area contributed by atoms with E-state index in [9.17, 15) is 0 Å². The topological polar surface area (TPSA) is 72.9 Å². The molecule has 1 aliphatic carbocycles. The molecule has 100 valence electrons. The zero-order valence-corrected chi connectivity index (χ0v) is 11.4. The third kappa shape index (κ3) is 1.84. The third-order valence-electron chi connectivity index (χ3n) is 3.90. The van der Waals surface area contributed by atoms with Crippen LogP contribution >= 0.6 is 11.3 Å². The van der Waals surface area contributed by atoms with Crippen molar-refractivity contribution in [1.29, 1.82) is 0 Å². The minimum Gasteiger partial charge on any atom is -0.339 e. The van der Waals surface area contributed by atoms with Gasteiger partial charge in [-0.2, -0.15) is 0 Å². The molecule has 19 heavy (non-hydrogen) atoms. The summed E-state index contributed by atoms with van der Waals surface area (Å²) in [5, 5.41) is 9.21. The van der Waals surface area contributed by atoms with Gasteiger partial charge in [0.2, 0.25) is 0 Å². The number of rotatable bonds is 1. The first kappa shape index (κ1) is 11.4. The number of nitrogens with two attached hydrogens (primary N) is 1. The summed E-state index contributed by atoms with van der Waals surface area (Å²) in [5.41, 5.74) is 7.27. The molecule has 1 aliphatic heterocycles. The third-order valence-corrected chi connectivity index (χ3v) is 5.09. The predicted molar refractivity (Wildman–Crippen MR) is 73.1 cm³/mol. The maximum absolute atomic E-state index is 6.15. The number of thiazole rings is 1. The molecule has 0 radical (unpaired) electrons. The second-order valence-electron chi connectivity index (χ2n) is 5.17. The highest BCUT2D eigenvalue weighted by Gasteiger charge is 2.26. The molecule has 4 rings (SSSR count). The second-order valence-corrected chi connectivity index (χ2v) is 6.23. The van der Waals surface area contributed by atoms with Crippen molar-refractivity contribution in [3.05, 3.63) is 22.7 Å². The summed E-state index contributed by atoms with van der Waals surface area (Å²) >= 11 is 1.80. The van der Waals surface area contributed by atoms with E-state index in [4.69, 9.17) is 10.7 Å². The van der Waals surface area contributed by atoms with E-state index < -0.39 is 0 Å². The Hall–Kier alpha value is -1.47. The molecule has 0 saturated heterocycles. The Morgan fingerprint density at radius 3 is 3.21 bits per heavy atom. The fourth-order valence-electron chi connectivity index (χ4n) is 2.80. The van der Waals surface area contributed by atoms with Crippen LogP contribution < -0.4 is 10.6 Å². The van der Waals surface area contributed by atoms with Crippen LogP contribution in [0.2, 0.25) is 0 Å². The lowest BCUT2D eigenvalue weighted by Gasteiger charge is -2.26. The van der Waals surface area contributed by atoms with E-state index in [1.807, 2.05) is 0 Å². The normalized spacial score (nSPS) is 22.2. The van der Waals surface area contributed by atoms with E-state index in [0.29, 0.717) is 0 Å². The van der Waals surface area contributed by atoms with Crippen LogP contribution in [0.4, 0.5) is 5.13 Å².